The summed E-state index contributed by atoms with van der Waals surface area (Å²) in [6, 6.07) is 8.82. The number of carbonyl (C=O) groups is 2. The largest absolute Gasteiger partial charge is 0.326 e. The summed E-state index contributed by atoms with van der Waals surface area (Å²) in [5.41, 5.74) is 2.13. The zero-order valence-corrected chi connectivity index (χ0v) is 13.3. The van der Waals surface area contributed by atoms with Crippen LogP contribution in [0.5, 0.6) is 0 Å². The lowest BCUT2D eigenvalue weighted by Gasteiger charge is -2.06. The molecule has 2 rings (SSSR count). The van der Waals surface area contributed by atoms with Gasteiger partial charge in [-0.25, -0.2) is 9.97 Å². The molecule has 1 heterocycles. The van der Waals surface area contributed by atoms with E-state index in [9.17, 15) is 9.59 Å². The van der Waals surface area contributed by atoms with Crippen molar-refractivity contribution in [2.24, 2.45) is 0 Å². The number of aromatic nitrogens is 2. The lowest BCUT2D eigenvalue weighted by molar-refractivity contribution is -0.115. The molecule has 0 atom stereocenters. The Morgan fingerprint density at radius 1 is 1.23 bits per heavy atom. The number of nitrogens with one attached hydrogen (secondary N) is 1. The van der Waals surface area contributed by atoms with Crippen LogP contribution >= 0.6 is 11.8 Å². The van der Waals surface area contributed by atoms with E-state index in [4.69, 9.17) is 0 Å². The lowest BCUT2D eigenvalue weighted by Crippen LogP contribution is -2.12. The molecule has 1 N–H and O–H groups in total. The highest BCUT2D eigenvalue weighted by Gasteiger charge is 2.06. The minimum Gasteiger partial charge on any atom is -0.326 e. The summed E-state index contributed by atoms with van der Waals surface area (Å²) in [6.45, 7) is 3.40. The number of hydrogen-bond donors (Lipinski definition) is 1. The molecule has 22 heavy (non-hydrogen) atoms. The number of aryl methyl sites for hydroxylation is 1. The molecule has 0 aliphatic carbocycles. The summed E-state index contributed by atoms with van der Waals surface area (Å²) < 4.78 is 0. The molecule has 114 valence electrons. The molecule has 2 aromatic rings. The SMILES string of the molecule is CC(=O)c1cccc(NC(=O)CCSc2cc(C)ncn2)c1. The highest BCUT2D eigenvalue weighted by Crippen LogP contribution is 2.17. The molecular formula is C16H17N3O2S. The third-order valence-corrected chi connectivity index (χ3v) is 3.84. The number of ketones is 1. The van der Waals surface area contributed by atoms with E-state index in [-0.39, 0.29) is 11.7 Å². The number of nitrogens with zero attached hydrogens (tertiary/aromatic N) is 2. The molecule has 0 bridgehead atoms. The lowest BCUT2D eigenvalue weighted by atomic mass is 10.1. The van der Waals surface area contributed by atoms with Crippen LogP contribution in [0.2, 0.25) is 0 Å². The molecule has 0 aliphatic heterocycles. The van der Waals surface area contributed by atoms with Gasteiger partial charge >= 0.3 is 0 Å². The van der Waals surface area contributed by atoms with Crippen LogP contribution in [0, 0.1) is 6.92 Å². The second-order valence-electron chi connectivity index (χ2n) is 4.78. The van der Waals surface area contributed by atoms with E-state index in [0.29, 0.717) is 23.4 Å². The van der Waals surface area contributed by atoms with Gasteiger partial charge in [0.25, 0.3) is 0 Å². The van der Waals surface area contributed by atoms with E-state index in [1.807, 2.05) is 13.0 Å². The Labute approximate surface area is 133 Å². The fourth-order valence-corrected chi connectivity index (χ4v) is 2.67. The Balaban J connectivity index is 1.83. The molecule has 0 saturated carbocycles. The van der Waals surface area contributed by atoms with Crippen LogP contribution in [0.3, 0.4) is 0 Å². The first kappa shape index (κ1) is 16.2. The minimum absolute atomic E-state index is 0.0224. The second kappa shape index (κ2) is 7.70. The van der Waals surface area contributed by atoms with E-state index < -0.39 is 0 Å². The van der Waals surface area contributed by atoms with Crippen molar-refractivity contribution in [3.63, 3.8) is 0 Å². The standard InChI is InChI=1S/C16H17N3O2S/c1-11-8-16(18-10-17-11)22-7-6-15(21)19-14-5-3-4-13(9-14)12(2)20/h3-5,8-10H,6-7H2,1-2H3,(H,19,21). The maximum absolute atomic E-state index is 11.9. The van der Waals surface area contributed by atoms with Crippen molar-refractivity contribution in [2.75, 3.05) is 11.1 Å². The Hall–Kier alpha value is -2.21. The molecule has 0 aliphatic rings. The topological polar surface area (TPSA) is 72.0 Å². The van der Waals surface area contributed by atoms with Gasteiger partial charge in [0.05, 0.1) is 5.03 Å². The van der Waals surface area contributed by atoms with E-state index in [1.165, 1.54) is 25.0 Å². The Kier molecular flexibility index (Phi) is 5.66. The number of rotatable bonds is 6. The van der Waals surface area contributed by atoms with E-state index >= 15 is 0 Å². The predicted molar refractivity (Wildman–Crippen MR) is 87.2 cm³/mol. The van der Waals surface area contributed by atoms with Crippen molar-refractivity contribution < 1.29 is 9.59 Å². The average molecular weight is 315 g/mol. The zero-order chi connectivity index (χ0) is 15.9. The number of Topliss-reactive ketones (excluding diaryl/α,β-unsaturated/α-hetero) is 1. The van der Waals surface area contributed by atoms with E-state index in [1.54, 1.807) is 24.3 Å². The van der Waals surface area contributed by atoms with Gasteiger partial charge in [-0.3, -0.25) is 9.59 Å². The summed E-state index contributed by atoms with van der Waals surface area (Å²) >= 11 is 1.52. The summed E-state index contributed by atoms with van der Waals surface area (Å²) in [5, 5.41) is 3.66. The normalized spacial score (nSPS) is 10.3. The fourth-order valence-electron chi connectivity index (χ4n) is 1.80. The second-order valence-corrected chi connectivity index (χ2v) is 5.90. The number of carbonyl (C=O) groups excluding carboxylic acids is 2. The highest BCUT2D eigenvalue weighted by molar-refractivity contribution is 7.99. The highest BCUT2D eigenvalue weighted by atomic mass is 32.2. The van der Waals surface area contributed by atoms with Crippen molar-refractivity contribution in [1.82, 2.24) is 9.97 Å². The number of thioether (sulfide) groups is 1. The van der Waals surface area contributed by atoms with Crippen molar-refractivity contribution in [3.05, 3.63) is 47.9 Å². The Bertz CT molecular complexity index is 689. The summed E-state index contributed by atoms with van der Waals surface area (Å²) in [5.74, 6) is 0.527. The molecule has 0 fully saturated rings. The molecule has 1 amide bonds. The van der Waals surface area contributed by atoms with Gasteiger partial charge in [-0.2, -0.15) is 0 Å². The van der Waals surface area contributed by atoms with Crippen LogP contribution < -0.4 is 5.32 Å². The summed E-state index contributed by atoms with van der Waals surface area (Å²) in [7, 11) is 0. The first-order chi connectivity index (χ1) is 10.5. The van der Waals surface area contributed by atoms with Gasteiger partial charge in [0.1, 0.15) is 6.33 Å². The van der Waals surface area contributed by atoms with Gasteiger partial charge in [0.2, 0.25) is 5.91 Å². The van der Waals surface area contributed by atoms with Gasteiger partial charge in [0, 0.05) is 29.1 Å². The first-order valence-corrected chi connectivity index (χ1v) is 7.85. The van der Waals surface area contributed by atoms with Crippen molar-refractivity contribution in [3.8, 4) is 0 Å². The van der Waals surface area contributed by atoms with Gasteiger partial charge in [-0.15, -0.1) is 11.8 Å². The molecule has 6 heteroatoms. The zero-order valence-electron chi connectivity index (χ0n) is 12.5. The first-order valence-electron chi connectivity index (χ1n) is 6.87. The average Bonchev–Trinajstić information content (AvgIpc) is 2.47. The van der Waals surface area contributed by atoms with Crippen LogP contribution in [-0.2, 0) is 4.79 Å². The Morgan fingerprint density at radius 2 is 2.05 bits per heavy atom. The third kappa shape index (κ3) is 4.96. The molecule has 1 aromatic carbocycles. The molecule has 5 nitrogen and oxygen atoms in total. The van der Waals surface area contributed by atoms with Gasteiger partial charge < -0.3 is 5.32 Å². The van der Waals surface area contributed by atoms with Crippen LogP contribution in [0.15, 0.2) is 41.7 Å². The summed E-state index contributed by atoms with van der Waals surface area (Å²) in [6.07, 6.45) is 1.89. The maximum Gasteiger partial charge on any atom is 0.225 e. The van der Waals surface area contributed by atoms with Gasteiger partial charge in [0.15, 0.2) is 5.78 Å². The molecule has 0 unspecified atom stereocenters. The Morgan fingerprint density at radius 3 is 2.77 bits per heavy atom. The van der Waals surface area contributed by atoms with Crippen LogP contribution in [0.1, 0.15) is 29.4 Å². The molecule has 0 spiro atoms. The fraction of sp³-hybridized carbons (Fsp3) is 0.250. The number of anilines is 1. The number of amides is 1. The molecular weight excluding hydrogens is 298 g/mol. The monoisotopic (exact) mass is 315 g/mol. The van der Waals surface area contributed by atoms with Gasteiger partial charge in [-0.05, 0) is 32.0 Å². The van der Waals surface area contributed by atoms with Crippen LogP contribution in [-0.4, -0.2) is 27.4 Å². The summed E-state index contributed by atoms with van der Waals surface area (Å²) in [4.78, 5) is 31.4. The molecule has 0 radical (unpaired) electrons. The van der Waals surface area contributed by atoms with E-state index in [2.05, 4.69) is 15.3 Å². The number of hydrogen-bond acceptors (Lipinski definition) is 5. The quantitative estimate of drug-likeness (QED) is 0.504. The van der Waals surface area contributed by atoms with Crippen molar-refractivity contribution >= 4 is 29.1 Å². The molecule has 0 saturated heterocycles. The minimum atomic E-state index is -0.0843. The molecule has 1 aromatic heterocycles. The van der Waals surface area contributed by atoms with Crippen LogP contribution in [0.25, 0.3) is 0 Å². The maximum atomic E-state index is 11.9. The number of benzene rings is 1. The van der Waals surface area contributed by atoms with Crippen LogP contribution in [0.4, 0.5) is 5.69 Å². The van der Waals surface area contributed by atoms with Crippen molar-refractivity contribution in [1.29, 1.82) is 0 Å². The smallest absolute Gasteiger partial charge is 0.225 e. The van der Waals surface area contributed by atoms with E-state index in [0.717, 1.165) is 10.7 Å². The predicted octanol–water partition coefficient (Wildman–Crippen LogP) is 3.11. The third-order valence-electron chi connectivity index (χ3n) is 2.91. The van der Waals surface area contributed by atoms with Crippen molar-refractivity contribution in [2.45, 2.75) is 25.3 Å². The van der Waals surface area contributed by atoms with Gasteiger partial charge in [-0.1, -0.05) is 12.1 Å².